The van der Waals surface area contributed by atoms with Crippen molar-refractivity contribution in [3.63, 3.8) is 0 Å². The van der Waals surface area contributed by atoms with E-state index in [1.54, 1.807) is 0 Å². The lowest BCUT2D eigenvalue weighted by atomic mass is 10.1. The molecule has 3 nitrogen and oxygen atoms in total. The highest BCUT2D eigenvalue weighted by Gasteiger charge is 2.00. The summed E-state index contributed by atoms with van der Waals surface area (Å²) in [7, 11) is 4.15. The molecule has 0 fully saturated rings. The van der Waals surface area contributed by atoms with Crippen molar-refractivity contribution >= 4 is 6.21 Å². The van der Waals surface area contributed by atoms with E-state index in [0.717, 1.165) is 43.9 Å². The second-order valence-corrected chi connectivity index (χ2v) is 5.81. The van der Waals surface area contributed by atoms with Gasteiger partial charge in [0.2, 0.25) is 0 Å². The van der Waals surface area contributed by atoms with Crippen LogP contribution in [0.5, 0.6) is 5.75 Å². The molecular weight excluding hydrogens is 284 g/mol. The highest BCUT2D eigenvalue weighted by Crippen LogP contribution is 2.16. The smallest absolute Gasteiger partial charge is 0.128 e. The number of aliphatic imine (C=N–C) groups is 1. The SMILES string of the molecule is CN(C)CCCOc1ccccc1/C=N\CCc1ccccc1. The zero-order chi connectivity index (χ0) is 16.3. The Labute approximate surface area is 139 Å². The Kier molecular flexibility index (Phi) is 7.34. The van der Waals surface area contributed by atoms with Crippen molar-refractivity contribution in [2.75, 3.05) is 33.8 Å². The molecule has 0 amide bonds. The van der Waals surface area contributed by atoms with Crippen LogP contribution in [-0.4, -0.2) is 44.9 Å². The fourth-order valence-corrected chi connectivity index (χ4v) is 2.28. The second-order valence-electron chi connectivity index (χ2n) is 5.81. The summed E-state index contributed by atoms with van der Waals surface area (Å²) < 4.78 is 5.88. The standard InChI is InChI=1S/C20H26N2O/c1-22(2)15-8-16-23-20-12-7-6-11-19(20)17-21-14-13-18-9-4-3-5-10-18/h3-7,9-12,17H,8,13-16H2,1-2H3/b21-17-. The molecule has 122 valence electrons. The molecule has 0 aromatic heterocycles. The summed E-state index contributed by atoms with van der Waals surface area (Å²) in [5, 5.41) is 0. The molecule has 2 aromatic rings. The lowest BCUT2D eigenvalue weighted by molar-refractivity contribution is 0.281. The van der Waals surface area contributed by atoms with E-state index in [9.17, 15) is 0 Å². The number of ether oxygens (including phenoxy) is 1. The normalized spacial score (nSPS) is 11.3. The van der Waals surface area contributed by atoms with Crippen molar-refractivity contribution in [3.05, 3.63) is 65.7 Å². The maximum Gasteiger partial charge on any atom is 0.128 e. The first-order valence-electron chi connectivity index (χ1n) is 8.16. The van der Waals surface area contributed by atoms with Gasteiger partial charge >= 0.3 is 0 Å². The predicted octanol–water partition coefficient (Wildman–Crippen LogP) is 3.68. The van der Waals surface area contributed by atoms with Crippen molar-refractivity contribution in [1.29, 1.82) is 0 Å². The Balaban J connectivity index is 1.83. The monoisotopic (exact) mass is 310 g/mol. The molecule has 0 spiro atoms. The molecule has 3 heteroatoms. The third kappa shape index (κ3) is 6.66. The van der Waals surface area contributed by atoms with Crippen LogP contribution < -0.4 is 4.74 Å². The fourth-order valence-electron chi connectivity index (χ4n) is 2.28. The Morgan fingerprint density at radius 2 is 1.74 bits per heavy atom. The van der Waals surface area contributed by atoms with Gasteiger partial charge in [-0.2, -0.15) is 0 Å². The molecule has 0 atom stereocenters. The molecule has 0 aliphatic rings. The van der Waals surface area contributed by atoms with Crippen molar-refractivity contribution in [3.8, 4) is 5.75 Å². The first-order valence-corrected chi connectivity index (χ1v) is 8.16. The summed E-state index contributed by atoms with van der Waals surface area (Å²) in [5.74, 6) is 0.912. The molecule has 2 rings (SSSR count). The van der Waals surface area contributed by atoms with Crippen LogP contribution in [0.25, 0.3) is 0 Å². The van der Waals surface area contributed by atoms with Crippen LogP contribution in [0.1, 0.15) is 17.5 Å². The van der Waals surface area contributed by atoms with E-state index in [1.165, 1.54) is 5.56 Å². The molecule has 0 heterocycles. The number of benzene rings is 2. The van der Waals surface area contributed by atoms with E-state index >= 15 is 0 Å². The molecule has 0 saturated carbocycles. The zero-order valence-corrected chi connectivity index (χ0v) is 14.1. The van der Waals surface area contributed by atoms with Gasteiger partial charge in [0, 0.05) is 24.9 Å². The molecular formula is C20H26N2O. The van der Waals surface area contributed by atoms with Gasteiger partial charge < -0.3 is 9.64 Å². The predicted molar refractivity (Wildman–Crippen MR) is 97.7 cm³/mol. The molecule has 0 aliphatic heterocycles. The van der Waals surface area contributed by atoms with Crippen LogP contribution in [0.15, 0.2) is 59.6 Å². The number of rotatable bonds is 9. The van der Waals surface area contributed by atoms with Gasteiger partial charge in [-0.1, -0.05) is 42.5 Å². The molecule has 0 aliphatic carbocycles. The van der Waals surface area contributed by atoms with Gasteiger partial charge in [-0.05, 0) is 44.6 Å². The molecule has 2 aromatic carbocycles. The Bertz CT molecular complexity index is 594. The van der Waals surface area contributed by atoms with Gasteiger partial charge in [-0.3, -0.25) is 4.99 Å². The van der Waals surface area contributed by atoms with Gasteiger partial charge in [0.05, 0.1) is 6.61 Å². The zero-order valence-electron chi connectivity index (χ0n) is 14.1. The summed E-state index contributed by atoms with van der Waals surface area (Å²) in [6.45, 7) is 2.55. The van der Waals surface area contributed by atoms with Crippen LogP contribution >= 0.6 is 0 Å². The van der Waals surface area contributed by atoms with E-state index < -0.39 is 0 Å². The Morgan fingerprint density at radius 1 is 1.00 bits per heavy atom. The minimum absolute atomic E-state index is 0.729. The Morgan fingerprint density at radius 3 is 2.52 bits per heavy atom. The average molecular weight is 310 g/mol. The fraction of sp³-hybridized carbons (Fsp3) is 0.350. The van der Waals surface area contributed by atoms with Gasteiger partial charge in [0.15, 0.2) is 0 Å². The second kappa shape index (κ2) is 9.80. The molecule has 0 bridgehead atoms. The van der Waals surface area contributed by atoms with Crippen LogP contribution in [0.2, 0.25) is 0 Å². The minimum Gasteiger partial charge on any atom is -0.493 e. The third-order valence-electron chi connectivity index (χ3n) is 3.53. The molecule has 0 radical (unpaired) electrons. The Hall–Kier alpha value is -2.13. The van der Waals surface area contributed by atoms with Gasteiger partial charge in [0.25, 0.3) is 0 Å². The van der Waals surface area contributed by atoms with Gasteiger partial charge in [-0.25, -0.2) is 0 Å². The minimum atomic E-state index is 0.729. The van der Waals surface area contributed by atoms with Crippen molar-refractivity contribution < 1.29 is 4.74 Å². The highest BCUT2D eigenvalue weighted by atomic mass is 16.5. The summed E-state index contributed by atoms with van der Waals surface area (Å²) >= 11 is 0. The van der Waals surface area contributed by atoms with Gasteiger partial charge in [0.1, 0.15) is 5.75 Å². The average Bonchev–Trinajstić information content (AvgIpc) is 2.57. The lowest BCUT2D eigenvalue weighted by Gasteiger charge is -2.11. The number of nitrogens with zero attached hydrogens (tertiary/aromatic N) is 2. The maximum absolute atomic E-state index is 5.88. The van der Waals surface area contributed by atoms with Crippen LogP contribution in [0, 0.1) is 0 Å². The van der Waals surface area contributed by atoms with Crippen molar-refractivity contribution in [2.24, 2.45) is 4.99 Å². The van der Waals surface area contributed by atoms with Crippen molar-refractivity contribution in [2.45, 2.75) is 12.8 Å². The van der Waals surface area contributed by atoms with E-state index in [0.29, 0.717) is 0 Å². The van der Waals surface area contributed by atoms with E-state index in [4.69, 9.17) is 4.74 Å². The van der Waals surface area contributed by atoms with Gasteiger partial charge in [-0.15, -0.1) is 0 Å². The summed E-state index contributed by atoms with van der Waals surface area (Å²) in [5.41, 5.74) is 2.36. The maximum atomic E-state index is 5.88. The first kappa shape index (κ1) is 17.2. The summed E-state index contributed by atoms with van der Waals surface area (Å²) in [4.78, 5) is 6.71. The molecule has 0 N–H and O–H groups in total. The molecule has 23 heavy (non-hydrogen) atoms. The molecule has 0 unspecified atom stereocenters. The lowest BCUT2D eigenvalue weighted by Crippen LogP contribution is -2.15. The summed E-state index contributed by atoms with van der Waals surface area (Å²) in [6.07, 6.45) is 3.90. The summed E-state index contributed by atoms with van der Waals surface area (Å²) in [6, 6.07) is 18.5. The van der Waals surface area contributed by atoms with Crippen LogP contribution in [-0.2, 0) is 6.42 Å². The highest BCUT2D eigenvalue weighted by molar-refractivity contribution is 5.83. The van der Waals surface area contributed by atoms with Crippen molar-refractivity contribution in [1.82, 2.24) is 4.90 Å². The third-order valence-corrected chi connectivity index (χ3v) is 3.53. The quantitative estimate of drug-likeness (QED) is 0.521. The first-order chi connectivity index (χ1) is 11.3. The van der Waals surface area contributed by atoms with E-state index in [-0.39, 0.29) is 0 Å². The number of hydrogen-bond donors (Lipinski definition) is 0. The van der Waals surface area contributed by atoms with Crippen LogP contribution in [0.4, 0.5) is 0 Å². The van der Waals surface area contributed by atoms with Crippen LogP contribution in [0.3, 0.4) is 0 Å². The number of para-hydroxylation sites is 1. The largest absolute Gasteiger partial charge is 0.493 e. The number of hydrogen-bond acceptors (Lipinski definition) is 3. The molecule has 0 saturated heterocycles. The topological polar surface area (TPSA) is 24.8 Å². The van der Waals surface area contributed by atoms with E-state index in [1.807, 2.05) is 36.5 Å². The van der Waals surface area contributed by atoms with E-state index in [2.05, 4.69) is 48.3 Å².